The van der Waals surface area contributed by atoms with Crippen LogP contribution in [0, 0.1) is 19.7 Å². The lowest BCUT2D eigenvalue weighted by atomic mass is 10.1. The molecule has 144 valence electrons. The fraction of sp³-hybridized carbons (Fsp3) is 0.400. The molecule has 0 aliphatic carbocycles. The smallest absolute Gasteiger partial charge is 0.247 e. The number of rotatable bonds is 6. The van der Waals surface area contributed by atoms with E-state index < -0.39 is 9.84 Å². The number of aromatic nitrogens is 3. The third-order valence-electron chi connectivity index (χ3n) is 4.85. The van der Waals surface area contributed by atoms with Gasteiger partial charge in [-0.15, -0.1) is 0 Å². The number of hydrogen-bond acceptors (Lipinski definition) is 4. The topological polar surface area (TPSA) is 64.8 Å². The molecular weight excluding hydrogens is 365 g/mol. The lowest BCUT2D eigenvalue weighted by molar-refractivity contribution is 0.592. The second-order valence-corrected chi connectivity index (χ2v) is 8.82. The predicted octanol–water partition coefficient (Wildman–Crippen LogP) is 3.79. The van der Waals surface area contributed by atoms with Crippen LogP contribution in [0.3, 0.4) is 0 Å². The third-order valence-corrected chi connectivity index (χ3v) is 5.70. The summed E-state index contributed by atoms with van der Waals surface area (Å²) in [6.45, 7) is 6.91. The molecule has 7 heteroatoms. The number of hydrogen-bond donors (Lipinski definition) is 0. The van der Waals surface area contributed by atoms with Gasteiger partial charge in [-0.2, -0.15) is 0 Å². The van der Waals surface area contributed by atoms with E-state index >= 15 is 0 Å². The van der Waals surface area contributed by atoms with Gasteiger partial charge in [-0.25, -0.2) is 22.8 Å². The van der Waals surface area contributed by atoms with Crippen molar-refractivity contribution in [1.82, 2.24) is 14.5 Å². The van der Waals surface area contributed by atoms with Crippen molar-refractivity contribution in [2.24, 2.45) is 0 Å². The SMILES string of the molecule is CCCn1c(C)c(C)c2nc(S(C)(=O)=O)nc(CCc3ccc(F)cc3)c21. The molecule has 0 fully saturated rings. The molecule has 0 saturated heterocycles. The van der Waals surface area contributed by atoms with Crippen molar-refractivity contribution in [2.75, 3.05) is 6.26 Å². The van der Waals surface area contributed by atoms with Gasteiger partial charge >= 0.3 is 0 Å². The van der Waals surface area contributed by atoms with Crippen LogP contribution in [0.5, 0.6) is 0 Å². The molecule has 0 unspecified atom stereocenters. The average Bonchev–Trinajstić information content (AvgIpc) is 2.86. The second kappa shape index (κ2) is 7.38. The van der Waals surface area contributed by atoms with E-state index in [0.717, 1.165) is 47.3 Å². The van der Waals surface area contributed by atoms with E-state index in [1.807, 2.05) is 13.8 Å². The van der Waals surface area contributed by atoms with E-state index in [9.17, 15) is 12.8 Å². The summed E-state index contributed by atoms with van der Waals surface area (Å²) in [7, 11) is -3.52. The molecule has 3 rings (SSSR count). The maximum absolute atomic E-state index is 13.1. The van der Waals surface area contributed by atoms with Gasteiger partial charge in [0.2, 0.25) is 15.0 Å². The first kappa shape index (κ1) is 19.5. The Kier molecular flexibility index (Phi) is 5.33. The number of benzene rings is 1. The van der Waals surface area contributed by atoms with Crippen molar-refractivity contribution in [3.05, 3.63) is 52.6 Å². The Morgan fingerprint density at radius 2 is 1.74 bits per heavy atom. The molecule has 0 aliphatic rings. The van der Waals surface area contributed by atoms with E-state index in [2.05, 4.69) is 21.5 Å². The predicted molar refractivity (Wildman–Crippen MR) is 104 cm³/mol. The van der Waals surface area contributed by atoms with Crippen LogP contribution in [0.25, 0.3) is 11.0 Å². The monoisotopic (exact) mass is 389 g/mol. The molecule has 2 aromatic heterocycles. The number of nitrogens with zero attached hydrogens (tertiary/aromatic N) is 3. The van der Waals surface area contributed by atoms with Gasteiger partial charge < -0.3 is 4.57 Å². The second-order valence-electron chi connectivity index (χ2n) is 6.91. The van der Waals surface area contributed by atoms with Gasteiger partial charge in [0, 0.05) is 18.5 Å². The highest BCUT2D eigenvalue weighted by Crippen LogP contribution is 2.28. The Balaban J connectivity index is 2.15. The van der Waals surface area contributed by atoms with Gasteiger partial charge in [-0.3, -0.25) is 0 Å². The van der Waals surface area contributed by atoms with Crippen LogP contribution in [-0.4, -0.2) is 29.2 Å². The average molecular weight is 389 g/mol. The molecule has 1 aromatic carbocycles. The zero-order valence-corrected chi connectivity index (χ0v) is 16.9. The molecule has 0 saturated carbocycles. The third kappa shape index (κ3) is 3.88. The van der Waals surface area contributed by atoms with Crippen molar-refractivity contribution in [3.63, 3.8) is 0 Å². The molecule has 3 aromatic rings. The van der Waals surface area contributed by atoms with E-state index in [4.69, 9.17) is 0 Å². The first-order valence-electron chi connectivity index (χ1n) is 9.03. The maximum atomic E-state index is 13.1. The molecule has 27 heavy (non-hydrogen) atoms. The summed E-state index contributed by atoms with van der Waals surface area (Å²) in [5, 5.41) is -0.138. The van der Waals surface area contributed by atoms with Gasteiger partial charge in [0.15, 0.2) is 0 Å². The molecule has 0 aliphatic heterocycles. The first-order chi connectivity index (χ1) is 12.7. The maximum Gasteiger partial charge on any atom is 0.247 e. The summed E-state index contributed by atoms with van der Waals surface area (Å²) in [5.41, 5.74) is 5.36. The van der Waals surface area contributed by atoms with E-state index in [1.54, 1.807) is 12.1 Å². The summed E-state index contributed by atoms with van der Waals surface area (Å²) in [6, 6.07) is 6.35. The zero-order chi connectivity index (χ0) is 19.8. The minimum Gasteiger partial charge on any atom is -0.342 e. The van der Waals surface area contributed by atoms with Crippen LogP contribution < -0.4 is 0 Å². The Hall–Kier alpha value is -2.28. The largest absolute Gasteiger partial charge is 0.342 e. The van der Waals surface area contributed by atoms with Gasteiger partial charge in [-0.05, 0) is 56.4 Å². The highest BCUT2D eigenvalue weighted by atomic mass is 32.2. The van der Waals surface area contributed by atoms with E-state index in [0.29, 0.717) is 18.4 Å². The van der Waals surface area contributed by atoms with Gasteiger partial charge in [0.05, 0.1) is 16.7 Å². The fourth-order valence-corrected chi connectivity index (χ4v) is 3.86. The zero-order valence-electron chi connectivity index (χ0n) is 16.1. The van der Waals surface area contributed by atoms with Gasteiger partial charge in [-0.1, -0.05) is 19.1 Å². The molecule has 0 spiro atoms. The number of halogens is 1. The lowest BCUT2D eigenvalue weighted by Crippen LogP contribution is -2.10. The van der Waals surface area contributed by atoms with Crippen LogP contribution >= 0.6 is 0 Å². The first-order valence-corrected chi connectivity index (χ1v) is 10.9. The Morgan fingerprint density at radius 3 is 2.33 bits per heavy atom. The van der Waals surface area contributed by atoms with Crippen molar-refractivity contribution in [3.8, 4) is 0 Å². The van der Waals surface area contributed by atoms with Crippen molar-refractivity contribution in [2.45, 2.75) is 51.7 Å². The van der Waals surface area contributed by atoms with Gasteiger partial charge in [0.25, 0.3) is 0 Å². The van der Waals surface area contributed by atoms with Crippen LogP contribution in [0.4, 0.5) is 4.39 Å². The van der Waals surface area contributed by atoms with Crippen molar-refractivity contribution in [1.29, 1.82) is 0 Å². The molecular formula is C20H24FN3O2S. The molecule has 0 N–H and O–H groups in total. The summed E-state index contributed by atoms with van der Waals surface area (Å²) in [5.74, 6) is -0.273. The minimum absolute atomic E-state index is 0.138. The summed E-state index contributed by atoms with van der Waals surface area (Å²) in [4.78, 5) is 8.78. The summed E-state index contributed by atoms with van der Waals surface area (Å²) >= 11 is 0. The molecule has 0 radical (unpaired) electrons. The van der Waals surface area contributed by atoms with Crippen LogP contribution in [-0.2, 0) is 29.2 Å². The molecule has 2 heterocycles. The quantitative estimate of drug-likeness (QED) is 0.602. The molecule has 0 bridgehead atoms. The van der Waals surface area contributed by atoms with Crippen LogP contribution in [0.15, 0.2) is 29.4 Å². The van der Waals surface area contributed by atoms with E-state index in [-0.39, 0.29) is 11.0 Å². The highest BCUT2D eigenvalue weighted by Gasteiger charge is 2.21. The Morgan fingerprint density at radius 1 is 1.07 bits per heavy atom. The molecule has 5 nitrogen and oxygen atoms in total. The highest BCUT2D eigenvalue weighted by molar-refractivity contribution is 7.90. The van der Waals surface area contributed by atoms with Crippen LogP contribution in [0.1, 0.15) is 35.9 Å². The van der Waals surface area contributed by atoms with Gasteiger partial charge in [0.1, 0.15) is 5.82 Å². The Labute approximate surface area is 159 Å². The summed E-state index contributed by atoms with van der Waals surface area (Å²) < 4.78 is 39.5. The standard InChI is InChI=1S/C20H24FN3O2S/c1-5-12-24-14(3)13(2)18-19(24)17(22-20(23-18)27(4,25)26)11-8-15-6-9-16(21)10-7-15/h6-7,9-10H,5,8,11-12H2,1-4H3. The lowest BCUT2D eigenvalue weighted by Gasteiger charge is -2.11. The molecule has 0 atom stereocenters. The normalized spacial score (nSPS) is 12.0. The summed E-state index contributed by atoms with van der Waals surface area (Å²) in [6.07, 6.45) is 3.28. The van der Waals surface area contributed by atoms with E-state index in [1.165, 1.54) is 12.1 Å². The number of sulfone groups is 1. The number of fused-ring (bicyclic) bond motifs is 1. The fourth-order valence-electron chi connectivity index (χ4n) is 3.32. The van der Waals surface area contributed by atoms with Crippen molar-refractivity contribution >= 4 is 20.9 Å². The Bertz CT molecular complexity index is 1090. The minimum atomic E-state index is -3.52. The van der Waals surface area contributed by atoms with Crippen LogP contribution in [0.2, 0.25) is 0 Å². The molecule has 0 amide bonds. The number of aryl methyl sites for hydroxylation is 4. The van der Waals surface area contributed by atoms with Crippen molar-refractivity contribution < 1.29 is 12.8 Å².